The molecular weight excluding hydrogens is 323 g/mol. The third-order valence-corrected chi connectivity index (χ3v) is 3.97. The topological polar surface area (TPSA) is 66.0 Å². The number of carbonyl (C=O) groups is 1. The summed E-state index contributed by atoms with van der Waals surface area (Å²) >= 11 is 12.1. The van der Waals surface area contributed by atoms with Gasteiger partial charge in [-0.3, -0.25) is 0 Å². The molecule has 0 aliphatic heterocycles. The van der Waals surface area contributed by atoms with Gasteiger partial charge in [0.05, 0.1) is 27.6 Å². The number of anilines is 3. The van der Waals surface area contributed by atoms with Crippen molar-refractivity contribution in [3.8, 4) is 0 Å². The molecule has 0 unspecified atom stereocenters. The van der Waals surface area contributed by atoms with Gasteiger partial charge in [0.15, 0.2) is 0 Å². The van der Waals surface area contributed by atoms with E-state index in [1.807, 2.05) is 6.07 Å². The summed E-state index contributed by atoms with van der Waals surface area (Å²) in [5.74, 6) is 0.609. The minimum absolute atomic E-state index is 0.206. The highest BCUT2D eigenvalue weighted by Crippen LogP contribution is 2.31. The molecule has 0 saturated heterocycles. The number of pyridine rings is 1. The Morgan fingerprint density at radius 2 is 2.00 bits per heavy atom. The Balaban J connectivity index is 1.63. The molecule has 2 amide bonds. The Labute approximate surface area is 138 Å². The predicted molar refractivity (Wildman–Crippen MR) is 89.2 cm³/mol. The summed E-state index contributed by atoms with van der Waals surface area (Å²) < 4.78 is 0. The van der Waals surface area contributed by atoms with Crippen LogP contribution in [-0.2, 0) is 0 Å². The molecule has 22 heavy (non-hydrogen) atoms. The lowest BCUT2D eigenvalue weighted by molar-refractivity contribution is 0.251. The lowest BCUT2D eigenvalue weighted by Crippen LogP contribution is -2.30. The number of halogens is 2. The quantitative estimate of drug-likeness (QED) is 0.774. The third kappa shape index (κ3) is 3.81. The number of hydrogen-bond acceptors (Lipinski definition) is 3. The monoisotopic (exact) mass is 336 g/mol. The zero-order valence-corrected chi connectivity index (χ0v) is 13.1. The summed E-state index contributed by atoms with van der Waals surface area (Å²) in [6.45, 7) is 0. The molecule has 3 rings (SSSR count). The van der Waals surface area contributed by atoms with Crippen molar-refractivity contribution in [1.29, 1.82) is 0 Å². The molecule has 0 radical (unpaired) electrons. The highest BCUT2D eigenvalue weighted by Gasteiger charge is 2.23. The van der Waals surface area contributed by atoms with Gasteiger partial charge >= 0.3 is 6.03 Å². The maximum Gasteiger partial charge on any atom is 0.319 e. The molecular formula is C15H14Cl2N4O. The number of urea groups is 1. The van der Waals surface area contributed by atoms with Gasteiger partial charge < -0.3 is 16.0 Å². The van der Waals surface area contributed by atoms with Crippen molar-refractivity contribution in [3.63, 3.8) is 0 Å². The number of nitrogens with zero attached hydrogens (tertiary/aromatic N) is 1. The summed E-state index contributed by atoms with van der Waals surface area (Å²) in [5, 5.41) is 9.58. The summed E-state index contributed by atoms with van der Waals surface area (Å²) in [7, 11) is 0. The maximum atomic E-state index is 11.6. The fraction of sp³-hybridized carbons (Fsp3) is 0.200. The van der Waals surface area contributed by atoms with Gasteiger partial charge in [-0.25, -0.2) is 9.78 Å². The number of aromatic nitrogens is 1. The van der Waals surface area contributed by atoms with Crippen LogP contribution in [0.5, 0.6) is 0 Å². The van der Waals surface area contributed by atoms with Gasteiger partial charge in [0, 0.05) is 6.04 Å². The van der Waals surface area contributed by atoms with Crippen LogP contribution in [0, 0.1) is 0 Å². The maximum absolute atomic E-state index is 11.6. The van der Waals surface area contributed by atoms with Crippen LogP contribution in [0.1, 0.15) is 12.8 Å². The second-order valence-electron chi connectivity index (χ2n) is 5.03. The van der Waals surface area contributed by atoms with Crippen molar-refractivity contribution < 1.29 is 4.79 Å². The first-order valence-corrected chi connectivity index (χ1v) is 7.62. The molecule has 2 aromatic rings. The van der Waals surface area contributed by atoms with Crippen LogP contribution in [0.3, 0.4) is 0 Å². The minimum Gasteiger partial charge on any atom is -0.339 e. The molecule has 1 heterocycles. The van der Waals surface area contributed by atoms with E-state index in [1.54, 1.807) is 30.5 Å². The lowest BCUT2D eigenvalue weighted by Gasteiger charge is -2.10. The molecule has 114 valence electrons. The molecule has 1 aromatic heterocycles. The highest BCUT2D eigenvalue weighted by molar-refractivity contribution is 6.43. The van der Waals surface area contributed by atoms with Crippen LogP contribution in [0.15, 0.2) is 36.5 Å². The molecule has 1 saturated carbocycles. The molecule has 0 atom stereocenters. The van der Waals surface area contributed by atoms with E-state index in [2.05, 4.69) is 20.9 Å². The van der Waals surface area contributed by atoms with Crippen molar-refractivity contribution in [2.24, 2.45) is 0 Å². The van der Waals surface area contributed by atoms with Crippen LogP contribution in [-0.4, -0.2) is 17.1 Å². The Morgan fingerprint density at radius 1 is 1.18 bits per heavy atom. The van der Waals surface area contributed by atoms with Gasteiger partial charge in [0.25, 0.3) is 0 Å². The van der Waals surface area contributed by atoms with E-state index in [9.17, 15) is 4.79 Å². The van der Waals surface area contributed by atoms with Gasteiger partial charge in [0.1, 0.15) is 5.82 Å². The number of nitrogens with one attached hydrogen (secondary N) is 3. The smallest absolute Gasteiger partial charge is 0.319 e. The van der Waals surface area contributed by atoms with Gasteiger partial charge in [0.2, 0.25) is 0 Å². The average Bonchev–Trinajstić information content (AvgIpc) is 3.30. The SMILES string of the molecule is O=C(Nc1ccc(Nc2cccc(Cl)c2Cl)nc1)NC1CC1. The van der Waals surface area contributed by atoms with Gasteiger partial charge in [-0.2, -0.15) is 0 Å². The zero-order valence-electron chi connectivity index (χ0n) is 11.6. The van der Waals surface area contributed by atoms with Crippen molar-refractivity contribution in [1.82, 2.24) is 10.3 Å². The van der Waals surface area contributed by atoms with Crippen LogP contribution in [0.4, 0.5) is 22.0 Å². The van der Waals surface area contributed by atoms with Crippen molar-refractivity contribution >= 4 is 46.4 Å². The van der Waals surface area contributed by atoms with E-state index >= 15 is 0 Å². The molecule has 1 fully saturated rings. The van der Waals surface area contributed by atoms with Crippen molar-refractivity contribution in [2.75, 3.05) is 10.6 Å². The van der Waals surface area contributed by atoms with Crippen LogP contribution in [0.25, 0.3) is 0 Å². The van der Waals surface area contributed by atoms with E-state index in [-0.39, 0.29) is 6.03 Å². The van der Waals surface area contributed by atoms with Crippen LogP contribution in [0.2, 0.25) is 10.0 Å². The Morgan fingerprint density at radius 3 is 2.68 bits per heavy atom. The number of amides is 2. The van der Waals surface area contributed by atoms with Crippen molar-refractivity contribution in [3.05, 3.63) is 46.6 Å². The van der Waals surface area contributed by atoms with Gasteiger partial charge in [-0.05, 0) is 37.1 Å². The number of hydrogen-bond donors (Lipinski definition) is 3. The summed E-state index contributed by atoms with van der Waals surface area (Å²) in [6, 6.07) is 8.96. The first-order valence-electron chi connectivity index (χ1n) is 6.86. The molecule has 1 aromatic carbocycles. The summed E-state index contributed by atoms with van der Waals surface area (Å²) in [4.78, 5) is 15.9. The molecule has 1 aliphatic rings. The fourth-order valence-corrected chi connectivity index (χ4v) is 2.21. The zero-order chi connectivity index (χ0) is 15.5. The van der Waals surface area contributed by atoms with Gasteiger partial charge in [-0.1, -0.05) is 29.3 Å². The van der Waals surface area contributed by atoms with Crippen LogP contribution < -0.4 is 16.0 Å². The lowest BCUT2D eigenvalue weighted by atomic mass is 10.3. The molecule has 3 N–H and O–H groups in total. The third-order valence-electron chi connectivity index (χ3n) is 3.15. The minimum atomic E-state index is -0.206. The first kappa shape index (κ1) is 14.9. The van der Waals surface area contributed by atoms with Crippen LogP contribution >= 0.6 is 23.2 Å². The highest BCUT2D eigenvalue weighted by atomic mass is 35.5. The van der Waals surface area contributed by atoms with E-state index in [0.717, 1.165) is 12.8 Å². The molecule has 0 spiro atoms. The molecule has 5 nitrogen and oxygen atoms in total. The second-order valence-corrected chi connectivity index (χ2v) is 5.82. The molecule has 1 aliphatic carbocycles. The first-order chi connectivity index (χ1) is 10.6. The molecule has 7 heteroatoms. The van der Waals surface area contributed by atoms with E-state index in [1.165, 1.54) is 0 Å². The van der Waals surface area contributed by atoms with E-state index < -0.39 is 0 Å². The van der Waals surface area contributed by atoms with E-state index in [0.29, 0.717) is 33.3 Å². The van der Waals surface area contributed by atoms with Gasteiger partial charge in [-0.15, -0.1) is 0 Å². The molecule has 0 bridgehead atoms. The van der Waals surface area contributed by atoms with E-state index in [4.69, 9.17) is 23.2 Å². The standard InChI is InChI=1S/C15H14Cl2N4O/c16-11-2-1-3-12(14(11)17)21-13-7-6-10(8-18-13)20-15(22)19-9-4-5-9/h1-3,6-9H,4-5H2,(H,18,21)(H2,19,20,22). The number of benzene rings is 1. The Hall–Kier alpha value is -1.98. The number of rotatable bonds is 4. The van der Waals surface area contributed by atoms with Crippen molar-refractivity contribution in [2.45, 2.75) is 18.9 Å². The fourth-order valence-electron chi connectivity index (χ4n) is 1.86. The average molecular weight is 337 g/mol. The largest absolute Gasteiger partial charge is 0.339 e. The summed E-state index contributed by atoms with van der Waals surface area (Å²) in [5.41, 5.74) is 1.30. The normalized spacial score (nSPS) is 13.5. The predicted octanol–water partition coefficient (Wildman–Crippen LogP) is 4.42. The number of carbonyl (C=O) groups excluding carboxylic acids is 1. The Kier molecular flexibility index (Phi) is 4.36. The second kappa shape index (κ2) is 6.42. The summed E-state index contributed by atoms with van der Waals surface area (Å²) in [6.07, 6.45) is 3.68. The Bertz CT molecular complexity index is 686.